The van der Waals surface area contributed by atoms with Gasteiger partial charge in [-0.3, -0.25) is 4.90 Å². The summed E-state index contributed by atoms with van der Waals surface area (Å²) in [5.41, 5.74) is 1.61. The summed E-state index contributed by atoms with van der Waals surface area (Å²) in [6.07, 6.45) is 7.34. The first-order valence-electron chi connectivity index (χ1n) is 9.16. The molecule has 0 saturated heterocycles. The van der Waals surface area contributed by atoms with Gasteiger partial charge in [-0.2, -0.15) is 0 Å². The summed E-state index contributed by atoms with van der Waals surface area (Å²) in [5, 5.41) is 0. The maximum atomic E-state index is 6.23. The second-order valence-corrected chi connectivity index (χ2v) is 6.38. The van der Waals surface area contributed by atoms with Crippen LogP contribution in [0.4, 0.5) is 0 Å². The quantitative estimate of drug-likeness (QED) is 0.449. The highest BCUT2D eigenvalue weighted by Crippen LogP contribution is 2.38. The van der Waals surface area contributed by atoms with Gasteiger partial charge in [-0.1, -0.05) is 98.1 Å². The number of nitrogens with zero attached hydrogens (tertiary/aromatic N) is 1. The molecule has 0 bridgehead atoms. The van der Waals surface area contributed by atoms with Crippen molar-refractivity contribution >= 4 is 0 Å². The Kier molecular flexibility index (Phi) is 8.00. The monoisotopic (exact) mass is 359 g/mol. The fraction of sp³-hybridized carbons (Fsp3) is 0.200. The van der Waals surface area contributed by atoms with Crippen LogP contribution in [0.2, 0.25) is 0 Å². The van der Waals surface area contributed by atoms with Crippen LogP contribution in [0.15, 0.2) is 111 Å². The van der Waals surface area contributed by atoms with Gasteiger partial charge >= 0.3 is 0 Å². The van der Waals surface area contributed by atoms with Crippen LogP contribution in [0.5, 0.6) is 0 Å². The Morgan fingerprint density at radius 3 is 1.96 bits per heavy atom. The smallest absolute Gasteiger partial charge is 0.124 e. The minimum atomic E-state index is -0.757. The van der Waals surface area contributed by atoms with E-state index in [4.69, 9.17) is 4.74 Å². The summed E-state index contributed by atoms with van der Waals surface area (Å²) < 4.78 is 6.23. The molecule has 0 N–H and O–H groups in total. The van der Waals surface area contributed by atoms with Gasteiger partial charge in [0.05, 0.1) is 12.6 Å². The largest absolute Gasteiger partial charge is 0.361 e. The highest BCUT2D eigenvalue weighted by atomic mass is 16.5. The number of ether oxygens (including phenoxy) is 1. The molecular formula is C25H29NO. The van der Waals surface area contributed by atoms with E-state index in [2.05, 4.69) is 67.6 Å². The van der Waals surface area contributed by atoms with Crippen molar-refractivity contribution in [2.75, 3.05) is 13.2 Å². The molecule has 0 aliphatic heterocycles. The summed E-state index contributed by atoms with van der Waals surface area (Å²) in [6, 6.07) is 20.6. The Hall–Kier alpha value is -2.68. The van der Waals surface area contributed by atoms with Gasteiger partial charge in [0.15, 0.2) is 0 Å². The van der Waals surface area contributed by atoms with Crippen LogP contribution in [0.1, 0.15) is 17.2 Å². The number of hydrogen-bond donors (Lipinski definition) is 0. The summed E-state index contributed by atoms with van der Waals surface area (Å²) >= 11 is 0. The normalized spacial score (nSPS) is 12.3. The molecule has 0 fully saturated rings. The standard InChI is InChI=1S/C25H29NO/c1-5-19-26(21-22-15-11-9-12-16-22)24(23-17-13-10-14-18-23)25(7-3,8-4)27-20-6-2/h5-18,24H,1-4,19-21H2/t24-/m0/s1. The molecule has 0 amide bonds. The molecule has 0 aliphatic rings. The molecule has 0 aromatic heterocycles. The Bertz CT molecular complexity index is 727. The fourth-order valence-electron chi connectivity index (χ4n) is 3.34. The van der Waals surface area contributed by atoms with E-state index in [0.717, 1.165) is 12.1 Å². The molecule has 0 unspecified atom stereocenters. The lowest BCUT2D eigenvalue weighted by Crippen LogP contribution is -2.45. The van der Waals surface area contributed by atoms with Crippen molar-refractivity contribution in [2.45, 2.75) is 18.2 Å². The molecular weight excluding hydrogens is 330 g/mol. The molecule has 2 aromatic rings. The molecule has 0 heterocycles. The topological polar surface area (TPSA) is 12.5 Å². The van der Waals surface area contributed by atoms with Gasteiger partial charge in [0.2, 0.25) is 0 Å². The maximum absolute atomic E-state index is 6.23. The van der Waals surface area contributed by atoms with E-state index >= 15 is 0 Å². The van der Waals surface area contributed by atoms with E-state index in [0.29, 0.717) is 13.2 Å². The van der Waals surface area contributed by atoms with Crippen LogP contribution >= 0.6 is 0 Å². The first kappa shape index (κ1) is 20.6. The zero-order valence-electron chi connectivity index (χ0n) is 16.0. The van der Waals surface area contributed by atoms with E-state index in [-0.39, 0.29) is 6.04 Å². The lowest BCUT2D eigenvalue weighted by molar-refractivity contribution is -0.0281. The molecule has 0 spiro atoms. The Morgan fingerprint density at radius 1 is 0.852 bits per heavy atom. The third kappa shape index (κ3) is 5.16. The highest BCUT2D eigenvalue weighted by molar-refractivity contribution is 5.30. The number of rotatable bonds is 12. The van der Waals surface area contributed by atoms with Gasteiger partial charge in [-0.15, -0.1) is 13.2 Å². The van der Waals surface area contributed by atoms with Crippen LogP contribution in [-0.4, -0.2) is 23.7 Å². The van der Waals surface area contributed by atoms with E-state index in [1.165, 1.54) is 5.56 Å². The average molecular weight is 360 g/mol. The second kappa shape index (κ2) is 10.5. The molecule has 0 aliphatic carbocycles. The molecule has 0 radical (unpaired) electrons. The Labute approximate surface area is 163 Å². The van der Waals surface area contributed by atoms with Crippen molar-refractivity contribution in [3.63, 3.8) is 0 Å². The van der Waals surface area contributed by atoms with Gasteiger partial charge in [-0.25, -0.2) is 0 Å². The van der Waals surface area contributed by atoms with Gasteiger partial charge in [0, 0.05) is 13.1 Å². The van der Waals surface area contributed by atoms with Crippen LogP contribution in [0, 0.1) is 0 Å². The molecule has 2 nitrogen and oxygen atoms in total. The van der Waals surface area contributed by atoms with Crippen molar-refractivity contribution in [1.29, 1.82) is 0 Å². The summed E-state index contributed by atoms with van der Waals surface area (Å²) in [6.45, 7) is 17.8. The zero-order chi connectivity index (χ0) is 19.5. The Morgan fingerprint density at radius 2 is 1.44 bits per heavy atom. The SMILES string of the molecule is C=CCOC(C=C)(C=C)[C@H](c1ccccc1)N(CC=C)Cc1ccccc1. The van der Waals surface area contributed by atoms with E-state index in [9.17, 15) is 0 Å². The van der Waals surface area contributed by atoms with Crippen LogP contribution in [-0.2, 0) is 11.3 Å². The molecule has 2 aromatic carbocycles. The highest BCUT2D eigenvalue weighted by Gasteiger charge is 2.39. The molecule has 27 heavy (non-hydrogen) atoms. The van der Waals surface area contributed by atoms with Crippen LogP contribution < -0.4 is 0 Å². The molecule has 2 heteroatoms. The lowest BCUT2D eigenvalue weighted by atomic mass is 9.86. The number of hydrogen-bond acceptors (Lipinski definition) is 2. The molecule has 0 saturated carbocycles. The molecule has 140 valence electrons. The van der Waals surface area contributed by atoms with Crippen molar-refractivity contribution < 1.29 is 4.74 Å². The van der Waals surface area contributed by atoms with Crippen molar-refractivity contribution in [3.05, 3.63) is 122 Å². The zero-order valence-corrected chi connectivity index (χ0v) is 16.0. The lowest BCUT2D eigenvalue weighted by Gasteiger charge is -2.43. The first-order valence-corrected chi connectivity index (χ1v) is 9.16. The maximum Gasteiger partial charge on any atom is 0.124 e. The summed E-state index contributed by atoms with van der Waals surface area (Å²) in [5.74, 6) is 0. The molecule has 1 atom stereocenters. The summed E-state index contributed by atoms with van der Waals surface area (Å²) in [4.78, 5) is 2.34. The van der Waals surface area contributed by atoms with Crippen molar-refractivity contribution in [3.8, 4) is 0 Å². The molecule has 2 rings (SSSR count). The third-order valence-electron chi connectivity index (χ3n) is 4.59. The predicted molar refractivity (Wildman–Crippen MR) is 116 cm³/mol. The van der Waals surface area contributed by atoms with Gasteiger partial charge < -0.3 is 4.74 Å². The van der Waals surface area contributed by atoms with E-state index < -0.39 is 5.60 Å². The summed E-state index contributed by atoms with van der Waals surface area (Å²) in [7, 11) is 0. The predicted octanol–water partition coefficient (Wildman–Crippen LogP) is 5.73. The minimum Gasteiger partial charge on any atom is -0.361 e. The van der Waals surface area contributed by atoms with Crippen LogP contribution in [0.25, 0.3) is 0 Å². The van der Waals surface area contributed by atoms with E-state index in [1.54, 1.807) is 6.08 Å². The van der Waals surface area contributed by atoms with Crippen molar-refractivity contribution in [1.82, 2.24) is 4.90 Å². The van der Waals surface area contributed by atoms with Crippen molar-refractivity contribution in [2.24, 2.45) is 0 Å². The minimum absolute atomic E-state index is 0.105. The second-order valence-electron chi connectivity index (χ2n) is 6.38. The van der Waals surface area contributed by atoms with Gasteiger partial charge in [0.1, 0.15) is 5.60 Å². The fourth-order valence-corrected chi connectivity index (χ4v) is 3.34. The Balaban J connectivity index is 2.53. The van der Waals surface area contributed by atoms with Gasteiger partial charge in [-0.05, 0) is 11.1 Å². The number of benzene rings is 2. The average Bonchev–Trinajstić information content (AvgIpc) is 2.72. The van der Waals surface area contributed by atoms with E-state index in [1.807, 2.05) is 42.5 Å². The first-order chi connectivity index (χ1) is 13.2. The van der Waals surface area contributed by atoms with Gasteiger partial charge in [0.25, 0.3) is 0 Å². The van der Waals surface area contributed by atoms with Crippen LogP contribution in [0.3, 0.4) is 0 Å². The third-order valence-corrected chi connectivity index (χ3v) is 4.59.